The number of methoxy groups -OCH3 is 1. The van der Waals surface area contributed by atoms with Crippen LogP contribution in [0.25, 0.3) is 0 Å². The molecule has 3 heterocycles. The summed E-state index contributed by atoms with van der Waals surface area (Å²) in [6.07, 6.45) is 0.571. The summed E-state index contributed by atoms with van der Waals surface area (Å²) in [5, 5.41) is 11.2. The third-order valence-corrected chi connectivity index (χ3v) is 7.66. The second kappa shape index (κ2) is 8.21. The van der Waals surface area contributed by atoms with Crippen LogP contribution in [0.15, 0.2) is 29.2 Å². The van der Waals surface area contributed by atoms with Crippen LogP contribution in [0.5, 0.6) is 5.75 Å². The standard InChI is InChI=1S/C20H27N5O5S/c1-14(2)19(26)21-10-17-18-11-30-20(13-25(18)23-22-17)8-9-24(12-20)31(27,28)16-6-4-15(29-3)5-7-16/h4-7,14H,8-13H2,1-3H3,(H,21,26). The van der Waals surface area contributed by atoms with E-state index in [0.717, 1.165) is 5.69 Å². The number of benzene rings is 1. The number of hydrogen-bond donors (Lipinski definition) is 1. The van der Waals surface area contributed by atoms with Crippen LogP contribution >= 0.6 is 0 Å². The fourth-order valence-corrected chi connectivity index (χ4v) is 5.38. The van der Waals surface area contributed by atoms with E-state index in [4.69, 9.17) is 9.47 Å². The van der Waals surface area contributed by atoms with Crippen molar-refractivity contribution in [2.24, 2.45) is 5.92 Å². The third-order valence-electron chi connectivity index (χ3n) is 5.80. The number of ether oxygens (including phenoxy) is 2. The Bertz CT molecular complexity index is 1070. The number of sulfonamides is 1. The molecule has 0 bridgehead atoms. The Morgan fingerprint density at radius 2 is 2.03 bits per heavy atom. The van der Waals surface area contributed by atoms with Gasteiger partial charge in [-0.15, -0.1) is 5.10 Å². The minimum absolute atomic E-state index is 0.0508. The minimum atomic E-state index is -3.63. The molecule has 1 atom stereocenters. The van der Waals surface area contributed by atoms with E-state index in [-0.39, 0.29) is 29.9 Å². The molecule has 1 aromatic carbocycles. The summed E-state index contributed by atoms with van der Waals surface area (Å²) in [4.78, 5) is 12.1. The van der Waals surface area contributed by atoms with Gasteiger partial charge in [0.1, 0.15) is 17.0 Å². The lowest BCUT2D eigenvalue weighted by Gasteiger charge is -2.34. The maximum atomic E-state index is 13.1. The van der Waals surface area contributed by atoms with Crippen molar-refractivity contribution < 1.29 is 22.7 Å². The molecule has 1 saturated heterocycles. The molecule has 1 N–H and O–H groups in total. The van der Waals surface area contributed by atoms with Gasteiger partial charge in [0.25, 0.3) is 0 Å². The molecule has 31 heavy (non-hydrogen) atoms. The van der Waals surface area contributed by atoms with Gasteiger partial charge < -0.3 is 14.8 Å². The van der Waals surface area contributed by atoms with Gasteiger partial charge in [-0.1, -0.05) is 19.1 Å². The van der Waals surface area contributed by atoms with Gasteiger partial charge in [0.05, 0.1) is 37.4 Å². The lowest BCUT2D eigenvalue weighted by Crippen LogP contribution is -2.45. The zero-order valence-electron chi connectivity index (χ0n) is 17.9. The molecular formula is C20H27N5O5S. The number of fused-ring (bicyclic) bond motifs is 1. The van der Waals surface area contributed by atoms with Crippen LogP contribution in [0.3, 0.4) is 0 Å². The number of amides is 1. The summed E-state index contributed by atoms with van der Waals surface area (Å²) in [5.74, 6) is 0.444. The number of nitrogens with zero attached hydrogens (tertiary/aromatic N) is 4. The van der Waals surface area contributed by atoms with Crippen molar-refractivity contribution in [3.8, 4) is 5.75 Å². The molecule has 1 fully saturated rings. The number of aromatic nitrogens is 3. The molecule has 0 radical (unpaired) electrons. The summed E-state index contributed by atoms with van der Waals surface area (Å²) >= 11 is 0. The van der Waals surface area contributed by atoms with Gasteiger partial charge in [-0.2, -0.15) is 4.31 Å². The number of nitrogens with one attached hydrogen (secondary N) is 1. The first-order chi connectivity index (χ1) is 14.7. The Balaban J connectivity index is 1.45. The SMILES string of the molecule is COc1ccc(S(=O)(=O)N2CCC3(C2)Cn2nnc(CNC(=O)C(C)C)c2CO3)cc1. The van der Waals surface area contributed by atoms with E-state index < -0.39 is 15.6 Å². The summed E-state index contributed by atoms with van der Waals surface area (Å²) in [7, 11) is -2.09. The molecule has 2 aromatic rings. The second-order valence-corrected chi connectivity index (χ2v) is 10.2. The highest BCUT2D eigenvalue weighted by Crippen LogP contribution is 2.35. The fraction of sp³-hybridized carbons (Fsp3) is 0.550. The molecule has 10 nitrogen and oxygen atoms in total. The highest BCUT2D eigenvalue weighted by molar-refractivity contribution is 7.89. The van der Waals surface area contributed by atoms with Crippen molar-refractivity contribution in [1.29, 1.82) is 0 Å². The van der Waals surface area contributed by atoms with Gasteiger partial charge in [-0.3, -0.25) is 4.79 Å². The first kappa shape index (κ1) is 21.7. The minimum Gasteiger partial charge on any atom is -0.497 e. The van der Waals surface area contributed by atoms with Crippen LogP contribution in [0.4, 0.5) is 0 Å². The van der Waals surface area contributed by atoms with Crippen LogP contribution in [-0.4, -0.2) is 59.4 Å². The highest BCUT2D eigenvalue weighted by atomic mass is 32.2. The number of rotatable bonds is 6. The molecule has 1 aromatic heterocycles. The van der Waals surface area contributed by atoms with Crippen molar-refractivity contribution in [1.82, 2.24) is 24.6 Å². The third kappa shape index (κ3) is 4.17. The van der Waals surface area contributed by atoms with Gasteiger partial charge in [-0.05, 0) is 30.7 Å². The summed E-state index contributed by atoms with van der Waals surface area (Å²) in [6, 6.07) is 6.37. The van der Waals surface area contributed by atoms with Crippen LogP contribution in [0.1, 0.15) is 31.7 Å². The van der Waals surface area contributed by atoms with Crippen LogP contribution in [0, 0.1) is 5.92 Å². The monoisotopic (exact) mass is 449 g/mol. The van der Waals surface area contributed by atoms with Gasteiger partial charge >= 0.3 is 0 Å². The summed E-state index contributed by atoms with van der Waals surface area (Å²) in [5.41, 5.74) is 0.842. The second-order valence-electron chi connectivity index (χ2n) is 8.25. The summed E-state index contributed by atoms with van der Waals surface area (Å²) < 4.78 is 40.6. The van der Waals surface area contributed by atoms with Crippen molar-refractivity contribution in [3.63, 3.8) is 0 Å². The molecule has 1 spiro atoms. The van der Waals surface area contributed by atoms with Crippen molar-refractivity contribution >= 4 is 15.9 Å². The predicted octanol–water partition coefficient (Wildman–Crippen LogP) is 0.922. The van der Waals surface area contributed by atoms with E-state index in [0.29, 0.717) is 37.5 Å². The zero-order valence-corrected chi connectivity index (χ0v) is 18.7. The molecule has 1 unspecified atom stereocenters. The van der Waals surface area contributed by atoms with E-state index in [1.54, 1.807) is 28.9 Å². The molecule has 11 heteroatoms. The average molecular weight is 450 g/mol. The Hall–Kier alpha value is -2.50. The van der Waals surface area contributed by atoms with Crippen LogP contribution in [0.2, 0.25) is 0 Å². The van der Waals surface area contributed by atoms with E-state index in [2.05, 4.69) is 15.6 Å². The van der Waals surface area contributed by atoms with E-state index in [1.165, 1.54) is 11.4 Å². The maximum Gasteiger partial charge on any atom is 0.243 e. The first-order valence-corrected chi connectivity index (χ1v) is 11.7. The van der Waals surface area contributed by atoms with Crippen molar-refractivity contribution in [2.75, 3.05) is 20.2 Å². The first-order valence-electron chi connectivity index (χ1n) is 10.2. The summed E-state index contributed by atoms with van der Waals surface area (Å²) in [6.45, 7) is 5.26. The lowest BCUT2D eigenvalue weighted by molar-refractivity contribution is -0.124. The molecule has 2 aliphatic rings. The largest absolute Gasteiger partial charge is 0.497 e. The number of carbonyl (C=O) groups excluding carboxylic acids is 1. The van der Waals surface area contributed by atoms with Gasteiger partial charge in [0.2, 0.25) is 15.9 Å². The van der Waals surface area contributed by atoms with E-state index in [9.17, 15) is 13.2 Å². The van der Waals surface area contributed by atoms with E-state index >= 15 is 0 Å². The Labute approximate surface area is 181 Å². The molecule has 0 aliphatic carbocycles. The molecule has 168 valence electrons. The Morgan fingerprint density at radius 1 is 1.29 bits per heavy atom. The Morgan fingerprint density at radius 3 is 2.71 bits per heavy atom. The highest BCUT2D eigenvalue weighted by Gasteiger charge is 2.47. The molecule has 1 amide bonds. The van der Waals surface area contributed by atoms with Crippen LogP contribution in [-0.2, 0) is 39.3 Å². The van der Waals surface area contributed by atoms with Crippen molar-refractivity contribution in [2.45, 2.75) is 50.5 Å². The number of hydrogen-bond acceptors (Lipinski definition) is 7. The lowest BCUT2D eigenvalue weighted by atomic mass is 10.0. The van der Waals surface area contributed by atoms with E-state index in [1.807, 2.05) is 13.8 Å². The maximum absolute atomic E-state index is 13.1. The van der Waals surface area contributed by atoms with Crippen LogP contribution < -0.4 is 10.1 Å². The van der Waals surface area contributed by atoms with Gasteiger partial charge in [0, 0.05) is 19.0 Å². The molecule has 2 aliphatic heterocycles. The molecular weight excluding hydrogens is 422 g/mol. The smallest absolute Gasteiger partial charge is 0.243 e. The quantitative estimate of drug-likeness (QED) is 0.697. The Kier molecular flexibility index (Phi) is 5.75. The number of carbonyl (C=O) groups is 1. The van der Waals surface area contributed by atoms with Crippen molar-refractivity contribution in [3.05, 3.63) is 35.7 Å². The fourth-order valence-electron chi connectivity index (χ4n) is 3.86. The predicted molar refractivity (Wildman–Crippen MR) is 111 cm³/mol. The zero-order chi connectivity index (χ0) is 22.2. The normalized spacial score (nSPS) is 21.4. The van der Waals surface area contributed by atoms with Gasteiger partial charge in [-0.25, -0.2) is 13.1 Å². The topological polar surface area (TPSA) is 116 Å². The van der Waals surface area contributed by atoms with Gasteiger partial charge in [0.15, 0.2) is 0 Å². The molecule has 4 rings (SSSR count). The molecule has 0 saturated carbocycles. The average Bonchev–Trinajstić information content (AvgIpc) is 3.36.